The molecule has 2 N–H and O–H groups in total. The molecule has 0 spiro atoms. The van der Waals surface area contributed by atoms with E-state index in [1.54, 1.807) is 13.0 Å². The van der Waals surface area contributed by atoms with Crippen LogP contribution in [0.15, 0.2) is 30.5 Å². The summed E-state index contributed by atoms with van der Waals surface area (Å²) in [4.78, 5) is 12.2. The molecule has 1 heterocycles. The van der Waals surface area contributed by atoms with Gasteiger partial charge in [0.2, 0.25) is 0 Å². The molecule has 0 unspecified atom stereocenters. The monoisotopic (exact) mass is 207 g/mol. The number of benzene rings is 1. The van der Waals surface area contributed by atoms with Crippen molar-refractivity contribution in [2.75, 3.05) is 6.61 Å². The highest BCUT2D eigenvalue weighted by molar-refractivity contribution is 5.85. The first-order chi connectivity index (χ1) is 7.29. The summed E-state index contributed by atoms with van der Waals surface area (Å²) in [6, 6.07) is 7.27. The summed E-state index contributed by atoms with van der Waals surface area (Å²) in [6.07, 6.45) is 1.81. The topological polar surface area (TPSA) is 62.3 Å². The predicted octanol–water partition coefficient (Wildman–Crippen LogP) is 2.05. The maximum absolute atomic E-state index is 9.24. The van der Waals surface area contributed by atoms with Crippen LogP contribution in [0.2, 0.25) is 0 Å². The Morgan fingerprint density at radius 1 is 1.47 bits per heavy atom. The number of aromatic nitrogens is 1. The van der Waals surface area contributed by atoms with Crippen LogP contribution in [0.1, 0.15) is 6.92 Å². The van der Waals surface area contributed by atoms with Crippen LogP contribution in [0, 0.1) is 0 Å². The molecule has 4 nitrogen and oxygen atoms in total. The zero-order valence-corrected chi connectivity index (χ0v) is 8.43. The van der Waals surface area contributed by atoms with Crippen molar-refractivity contribution in [2.24, 2.45) is 0 Å². The van der Waals surface area contributed by atoms with Gasteiger partial charge in [-0.15, -0.1) is 0 Å². The van der Waals surface area contributed by atoms with Crippen LogP contribution in [0.3, 0.4) is 0 Å². The highest BCUT2D eigenvalue weighted by atomic mass is 16.5. The van der Waals surface area contributed by atoms with Crippen LogP contribution >= 0.6 is 0 Å². The van der Waals surface area contributed by atoms with E-state index in [4.69, 9.17) is 0 Å². The van der Waals surface area contributed by atoms with Crippen molar-refractivity contribution in [2.45, 2.75) is 6.92 Å². The number of nitrogens with one attached hydrogen (secondary N) is 1. The zero-order valence-electron chi connectivity index (χ0n) is 8.43. The van der Waals surface area contributed by atoms with Crippen molar-refractivity contribution in [3.05, 3.63) is 30.5 Å². The Bertz CT molecular complexity index is 422. The van der Waals surface area contributed by atoms with Gasteiger partial charge in [0.15, 0.2) is 0 Å². The van der Waals surface area contributed by atoms with Crippen LogP contribution in [0.4, 0.5) is 0 Å². The maximum Gasteiger partial charge on any atom is 0.293 e. The fraction of sp³-hybridized carbons (Fsp3) is 0.182. The highest BCUT2D eigenvalue weighted by Crippen LogP contribution is 2.22. The molecule has 1 aromatic heterocycles. The number of carbonyl (C=O) groups is 1. The summed E-state index contributed by atoms with van der Waals surface area (Å²) < 4.78 is 4.15. The van der Waals surface area contributed by atoms with E-state index in [0.717, 1.165) is 10.9 Å². The van der Waals surface area contributed by atoms with E-state index < -0.39 is 0 Å². The molecular formula is C11H13NO3. The van der Waals surface area contributed by atoms with Crippen LogP contribution in [0.25, 0.3) is 10.9 Å². The zero-order chi connectivity index (χ0) is 11.1. The summed E-state index contributed by atoms with van der Waals surface area (Å²) in [6.45, 7) is 2.66. The average Bonchev–Trinajstić information content (AvgIpc) is 2.69. The smallest absolute Gasteiger partial charge is 0.293 e. The molecule has 0 bridgehead atoms. The van der Waals surface area contributed by atoms with E-state index in [2.05, 4.69) is 9.72 Å². The number of aromatic hydroxyl groups is 1. The van der Waals surface area contributed by atoms with Gasteiger partial charge in [-0.1, -0.05) is 6.07 Å². The van der Waals surface area contributed by atoms with E-state index in [9.17, 15) is 9.90 Å². The quantitative estimate of drug-likeness (QED) is 0.741. The maximum atomic E-state index is 9.24. The lowest BCUT2D eigenvalue weighted by molar-refractivity contribution is -0.128. The molecule has 0 amide bonds. The van der Waals surface area contributed by atoms with Gasteiger partial charge in [0.1, 0.15) is 5.75 Å². The third-order valence-corrected chi connectivity index (χ3v) is 1.81. The first-order valence-electron chi connectivity index (χ1n) is 4.60. The fourth-order valence-corrected chi connectivity index (χ4v) is 1.14. The third-order valence-electron chi connectivity index (χ3n) is 1.81. The molecule has 0 saturated carbocycles. The Labute approximate surface area is 87.5 Å². The Hall–Kier alpha value is -1.97. The standard InChI is InChI=1S/C8H7NO.C3H6O2/c10-8-3-1-2-7-6(8)4-5-9-7;1-2-5-3-4/h1-5,9-10H;3H,2H2,1H3. The molecule has 4 heteroatoms. The summed E-state index contributed by atoms with van der Waals surface area (Å²) in [5, 5.41) is 10.1. The van der Waals surface area contributed by atoms with Crippen molar-refractivity contribution in [1.29, 1.82) is 0 Å². The van der Waals surface area contributed by atoms with Gasteiger partial charge >= 0.3 is 0 Å². The molecule has 0 saturated heterocycles. The van der Waals surface area contributed by atoms with Crippen molar-refractivity contribution in [3.8, 4) is 5.75 Å². The second-order valence-electron chi connectivity index (χ2n) is 2.77. The number of hydrogen-bond acceptors (Lipinski definition) is 3. The second kappa shape index (κ2) is 5.70. The number of H-pyrrole nitrogens is 1. The largest absolute Gasteiger partial charge is 0.507 e. The van der Waals surface area contributed by atoms with Crippen molar-refractivity contribution < 1.29 is 14.6 Å². The van der Waals surface area contributed by atoms with Gasteiger partial charge in [0.05, 0.1) is 6.61 Å². The van der Waals surface area contributed by atoms with Gasteiger partial charge in [-0.3, -0.25) is 4.79 Å². The van der Waals surface area contributed by atoms with Gasteiger partial charge in [-0.05, 0) is 25.1 Å². The van der Waals surface area contributed by atoms with Crippen molar-refractivity contribution in [1.82, 2.24) is 4.98 Å². The summed E-state index contributed by atoms with van der Waals surface area (Å²) in [7, 11) is 0. The van der Waals surface area contributed by atoms with Gasteiger partial charge in [-0.2, -0.15) is 0 Å². The molecule has 1 aromatic carbocycles. The number of phenolic OH excluding ortho intramolecular Hbond substituents is 1. The molecule has 2 rings (SSSR count). The first kappa shape index (κ1) is 11.1. The minimum Gasteiger partial charge on any atom is -0.507 e. The van der Waals surface area contributed by atoms with Crippen molar-refractivity contribution in [3.63, 3.8) is 0 Å². The Balaban J connectivity index is 0.000000195. The molecule has 15 heavy (non-hydrogen) atoms. The third kappa shape index (κ3) is 3.02. The number of phenols is 1. The molecule has 2 aromatic rings. The lowest BCUT2D eigenvalue weighted by atomic mass is 10.2. The van der Waals surface area contributed by atoms with Gasteiger partial charge in [0, 0.05) is 17.1 Å². The minimum atomic E-state index is 0.332. The first-order valence-corrected chi connectivity index (χ1v) is 4.60. The highest BCUT2D eigenvalue weighted by Gasteiger charge is 1.96. The SMILES string of the molecule is CCOC=O.Oc1cccc2[nH]ccc12. The summed E-state index contributed by atoms with van der Waals surface area (Å²) >= 11 is 0. The number of rotatable bonds is 2. The van der Waals surface area contributed by atoms with Gasteiger partial charge in [-0.25, -0.2) is 0 Å². The van der Waals surface area contributed by atoms with Crippen LogP contribution in [-0.4, -0.2) is 23.2 Å². The van der Waals surface area contributed by atoms with E-state index in [0.29, 0.717) is 18.8 Å². The number of aromatic amines is 1. The molecule has 0 fully saturated rings. The number of carbonyl (C=O) groups excluding carboxylic acids is 1. The molecular weight excluding hydrogens is 194 g/mol. The normalized spacial score (nSPS) is 9.13. The Morgan fingerprint density at radius 2 is 2.27 bits per heavy atom. The number of hydrogen-bond donors (Lipinski definition) is 2. The molecule has 0 radical (unpaired) electrons. The van der Waals surface area contributed by atoms with Crippen LogP contribution in [-0.2, 0) is 9.53 Å². The minimum absolute atomic E-state index is 0.332. The Morgan fingerprint density at radius 3 is 2.80 bits per heavy atom. The Kier molecular flexibility index (Phi) is 4.22. The average molecular weight is 207 g/mol. The molecule has 80 valence electrons. The van der Waals surface area contributed by atoms with E-state index in [1.807, 2.05) is 24.4 Å². The predicted molar refractivity (Wildman–Crippen MR) is 57.7 cm³/mol. The van der Waals surface area contributed by atoms with Crippen LogP contribution < -0.4 is 0 Å². The summed E-state index contributed by atoms with van der Waals surface area (Å²) in [5.74, 6) is 0.332. The molecule has 0 aliphatic rings. The molecule has 0 aliphatic heterocycles. The lowest BCUT2D eigenvalue weighted by Crippen LogP contribution is -1.80. The number of ether oxygens (including phenoxy) is 1. The lowest BCUT2D eigenvalue weighted by Gasteiger charge is -1.91. The molecule has 0 atom stereocenters. The van der Waals surface area contributed by atoms with E-state index in [-0.39, 0.29) is 0 Å². The fourth-order valence-electron chi connectivity index (χ4n) is 1.14. The van der Waals surface area contributed by atoms with Gasteiger partial charge < -0.3 is 14.8 Å². The van der Waals surface area contributed by atoms with E-state index in [1.165, 1.54) is 0 Å². The van der Waals surface area contributed by atoms with Gasteiger partial charge in [0.25, 0.3) is 6.47 Å². The number of fused-ring (bicyclic) bond motifs is 1. The summed E-state index contributed by atoms with van der Waals surface area (Å²) in [5.41, 5.74) is 0.972. The second-order valence-corrected chi connectivity index (χ2v) is 2.77. The van der Waals surface area contributed by atoms with Crippen LogP contribution in [0.5, 0.6) is 5.75 Å². The van der Waals surface area contributed by atoms with E-state index >= 15 is 0 Å². The van der Waals surface area contributed by atoms with Crippen molar-refractivity contribution >= 4 is 17.4 Å². The molecule has 0 aliphatic carbocycles.